The van der Waals surface area contributed by atoms with E-state index in [1.54, 1.807) is 24.3 Å². The largest absolute Gasteiger partial charge is 0.295 e. The first-order valence-electron chi connectivity index (χ1n) is 6.32. The van der Waals surface area contributed by atoms with Crippen LogP contribution in [0, 0.1) is 0 Å². The van der Waals surface area contributed by atoms with E-state index in [-0.39, 0.29) is 16.2 Å². The van der Waals surface area contributed by atoms with Crippen LogP contribution in [0.5, 0.6) is 0 Å². The van der Waals surface area contributed by atoms with E-state index >= 15 is 0 Å². The Morgan fingerprint density at radius 1 is 1.09 bits per heavy atom. The highest BCUT2D eigenvalue weighted by Crippen LogP contribution is 2.22. The van der Waals surface area contributed by atoms with Gasteiger partial charge in [0.2, 0.25) is 0 Å². The molecule has 0 amide bonds. The molecular formula is C14H11N3O4S. The molecule has 7 nitrogen and oxygen atoms in total. The topological polar surface area (TPSA) is 102 Å². The lowest BCUT2D eigenvalue weighted by Crippen LogP contribution is -2.13. The molecule has 0 unspecified atom stereocenters. The van der Waals surface area contributed by atoms with Gasteiger partial charge in [-0.05, 0) is 53.6 Å². The highest BCUT2D eigenvalue weighted by Gasteiger charge is 2.20. The van der Waals surface area contributed by atoms with Gasteiger partial charge in [0, 0.05) is 11.3 Å². The summed E-state index contributed by atoms with van der Waals surface area (Å²) in [6.45, 7) is 1.44. The molecule has 1 heterocycles. The number of aromatic nitrogens is 2. The Morgan fingerprint density at radius 3 is 2.50 bits per heavy atom. The maximum Gasteiger partial charge on any atom is 0.264 e. The number of rotatable bonds is 4. The van der Waals surface area contributed by atoms with Gasteiger partial charge in [0.25, 0.3) is 10.0 Å². The van der Waals surface area contributed by atoms with Crippen molar-refractivity contribution in [2.75, 3.05) is 4.72 Å². The Morgan fingerprint density at radius 2 is 1.82 bits per heavy atom. The van der Waals surface area contributed by atoms with E-state index in [0.717, 1.165) is 0 Å². The summed E-state index contributed by atoms with van der Waals surface area (Å²) in [5, 5.41) is 7.23. The van der Waals surface area contributed by atoms with Crippen LogP contribution in [0.25, 0.3) is 11.0 Å². The lowest BCUT2D eigenvalue weighted by Gasteiger charge is -2.08. The fraction of sp³-hybridized carbons (Fsp3) is 0.0714. The molecular weight excluding hydrogens is 306 g/mol. The van der Waals surface area contributed by atoms with E-state index in [1.165, 1.54) is 25.1 Å². The molecule has 1 N–H and O–H groups in total. The number of sulfonamides is 1. The van der Waals surface area contributed by atoms with E-state index in [9.17, 15) is 13.2 Å². The minimum absolute atomic E-state index is 0.0260. The van der Waals surface area contributed by atoms with Gasteiger partial charge in [-0.25, -0.2) is 13.0 Å². The fourth-order valence-corrected chi connectivity index (χ4v) is 3.19. The summed E-state index contributed by atoms with van der Waals surface area (Å²) in [5.41, 5.74) is 1.37. The normalized spacial score (nSPS) is 11.5. The number of anilines is 1. The number of hydrogen-bond acceptors (Lipinski definition) is 6. The standard InChI is InChI=1S/C14H11N3O4S/c1-9(18)10-5-7-11(8-6-10)17-22(19,20)13-4-2-3-12-14(13)16-21-15-12/h2-8,17H,1H3. The summed E-state index contributed by atoms with van der Waals surface area (Å²) in [6.07, 6.45) is 0. The summed E-state index contributed by atoms with van der Waals surface area (Å²) in [5.74, 6) is -0.0900. The predicted octanol–water partition coefficient (Wildman–Crippen LogP) is 2.23. The van der Waals surface area contributed by atoms with Crippen molar-refractivity contribution in [1.82, 2.24) is 10.3 Å². The molecule has 0 atom stereocenters. The molecule has 3 rings (SSSR count). The van der Waals surface area contributed by atoms with Crippen LogP contribution >= 0.6 is 0 Å². The van der Waals surface area contributed by atoms with Crippen molar-refractivity contribution in [3.8, 4) is 0 Å². The van der Waals surface area contributed by atoms with Crippen LogP contribution in [-0.4, -0.2) is 24.5 Å². The Bertz CT molecular complexity index is 946. The van der Waals surface area contributed by atoms with Crippen molar-refractivity contribution in [2.45, 2.75) is 11.8 Å². The molecule has 0 spiro atoms. The van der Waals surface area contributed by atoms with Gasteiger partial charge in [0.15, 0.2) is 11.3 Å². The quantitative estimate of drug-likeness (QED) is 0.740. The van der Waals surface area contributed by atoms with Gasteiger partial charge in [-0.15, -0.1) is 0 Å². The number of fused-ring (bicyclic) bond motifs is 1. The van der Waals surface area contributed by atoms with Crippen LogP contribution in [0.2, 0.25) is 0 Å². The minimum Gasteiger partial charge on any atom is -0.295 e. The summed E-state index contributed by atoms with van der Waals surface area (Å²) in [4.78, 5) is 11.2. The molecule has 0 aliphatic rings. The Balaban J connectivity index is 1.97. The van der Waals surface area contributed by atoms with Crippen molar-refractivity contribution in [3.05, 3.63) is 48.0 Å². The smallest absolute Gasteiger partial charge is 0.264 e. The van der Waals surface area contributed by atoms with Gasteiger partial charge in [-0.1, -0.05) is 6.07 Å². The number of carbonyl (C=O) groups excluding carboxylic acids is 1. The van der Waals surface area contributed by atoms with Crippen molar-refractivity contribution in [1.29, 1.82) is 0 Å². The van der Waals surface area contributed by atoms with Gasteiger partial charge in [0.05, 0.1) is 0 Å². The first-order chi connectivity index (χ1) is 10.5. The van der Waals surface area contributed by atoms with Gasteiger partial charge in [-0.3, -0.25) is 9.52 Å². The summed E-state index contributed by atoms with van der Waals surface area (Å²) >= 11 is 0. The second kappa shape index (κ2) is 5.23. The summed E-state index contributed by atoms with van der Waals surface area (Å²) in [6, 6.07) is 10.7. The minimum atomic E-state index is -3.84. The zero-order valence-electron chi connectivity index (χ0n) is 11.5. The van der Waals surface area contributed by atoms with E-state index in [0.29, 0.717) is 16.8 Å². The molecule has 0 saturated heterocycles. The summed E-state index contributed by atoms with van der Waals surface area (Å²) in [7, 11) is -3.84. The van der Waals surface area contributed by atoms with Crippen molar-refractivity contribution in [2.24, 2.45) is 0 Å². The lowest BCUT2D eigenvalue weighted by molar-refractivity contribution is 0.101. The van der Waals surface area contributed by atoms with Gasteiger partial charge in [0.1, 0.15) is 10.4 Å². The average Bonchev–Trinajstić information content (AvgIpc) is 2.95. The lowest BCUT2D eigenvalue weighted by atomic mass is 10.1. The van der Waals surface area contributed by atoms with Crippen LogP contribution in [0.4, 0.5) is 5.69 Å². The highest BCUT2D eigenvalue weighted by atomic mass is 32.2. The molecule has 0 aliphatic carbocycles. The zero-order chi connectivity index (χ0) is 15.7. The van der Waals surface area contributed by atoms with Gasteiger partial charge < -0.3 is 0 Å². The van der Waals surface area contributed by atoms with Crippen LogP contribution in [0.15, 0.2) is 52.0 Å². The average molecular weight is 317 g/mol. The van der Waals surface area contributed by atoms with E-state index < -0.39 is 10.0 Å². The maximum atomic E-state index is 12.4. The Labute approximate surface area is 126 Å². The Hall–Kier alpha value is -2.74. The van der Waals surface area contributed by atoms with Crippen LogP contribution in [0.3, 0.4) is 0 Å². The number of hydrogen-bond donors (Lipinski definition) is 1. The molecule has 0 radical (unpaired) electrons. The van der Waals surface area contributed by atoms with Crippen molar-refractivity contribution >= 4 is 32.5 Å². The van der Waals surface area contributed by atoms with Crippen LogP contribution < -0.4 is 4.72 Å². The molecule has 3 aromatic rings. The van der Waals surface area contributed by atoms with E-state index in [2.05, 4.69) is 19.7 Å². The molecule has 0 saturated carbocycles. The molecule has 22 heavy (non-hydrogen) atoms. The maximum absolute atomic E-state index is 12.4. The summed E-state index contributed by atoms with van der Waals surface area (Å²) < 4.78 is 31.9. The van der Waals surface area contributed by atoms with Crippen molar-refractivity contribution < 1.29 is 17.8 Å². The second-order valence-corrected chi connectivity index (χ2v) is 6.28. The first kappa shape index (κ1) is 14.2. The number of nitrogens with zero attached hydrogens (tertiary/aromatic N) is 2. The third-order valence-electron chi connectivity index (χ3n) is 3.08. The molecule has 0 fully saturated rings. The molecule has 8 heteroatoms. The first-order valence-corrected chi connectivity index (χ1v) is 7.81. The predicted molar refractivity (Wildman–Crippen MR) is 79.1 cm³/mol. The highest BCUT2D eigenvalue weighted by molar-refractivity contribution is 7.93. The number of benzene rings is 2. The molecule has 0 bridgehead atoms. The van der Waals surface area contributed by atoms with E-state index in [4.69, 9.17) is 0 Å². The van der Waals surface area contributed by atoms with Crippen LogP contribution in [-0.2, 0) is 10.0 Å². The molecule has 2 aromatic carbocycles. The molecule has 1 aromatic heterocycles. The number of ketones is 1. The second-order valence-electron chi connectivity index (χ2n) is 4.63. The fourth-order valence-electron chi connectivity index (χ4n) is 1.98. The SMILES string of the molecule is CC(=O)c1ccc(NS(=O)(=O)c2cccc3nonc23)cc1. The Kier molecular flexibility index (Phi) is 3.38. The van der Waals surface area contributed by atoms with E-state index in [1.807, 2.05) is 0 Å². The monoisotopic (exact) mass is 317 g/mol. The third kappa shape index (κ3) is 2.56. The zero-order valence-corrected chi connectivity index (χ0v) is 12.3. The van der Waals surface area contributed by atoms with Gasteiger partial charge in [-0.2, -0.15) is 0 Å². The number of nitrogens with one attached hydrogen (secondary N) is 1. The van der Waals surface area contributed by atoms with Gasteiger partial charge >= 0.3 is 0 Å². The molecule has 112 valence electrons. The van der Waals surface area contributed by atoms with Crippen molar-refractivity contribution in [3.63, 3.8) is 0 Å². The molecule has 0 aliphatic heterocycles. The third-order valence-corrected chi connectivity index (χ3v) is 4.50. The number of Topliss-reactive ketones (excluding diaryl/α,β-unsaturated/α-hetero) is 1. The number of carbonyl (C=O) groups is 1. The van der Waals surface area contributed by atoms with Crippen LogP contribution in [0.1, 0.15) is 17.3 Å².